The molecule has 0 unspecified atom stereocenters. The number of hydrogen-bond donors (Lipinski definition) is 0. The first-order chi connectivity index (χ1) is 19.5. The third kappa shape index (κ3) is 8.00. The molecule has 1 aliphatic rings. The van der Waals surface area contributed by atoms with Crippen LogP contribution in [-0.2, 0) is 48.1 Å². The van der Waals surface area contributed by atoms with E-state index in [0.29, 0.717) is 70.1 Å². The van der Waals surface area contributed by atoms with Gasteiger partial charge in [-0.3, -0.25) is 4.79 Å². The Bertz CT molecular complexity index is 1360. The number of nitrogens with zero attached hydrogens (tertiary/aromatic N) is 4. The number of carbonyl (C=O) groups is 1. The van der Waals surface area contributed by atoms with Crippen LogP contribution in [0.15, 0.2) is 6.33 Å². The van der Waals surface area contributed by atoms with Crippen molar-refractivity contribution in [2.24, 2.45) is 0 Å². The maximum absolute atomic E-state index is 13.7. The van der Waals surface area contributed by atoms with Gasteiger partial charge in [-0.1, -0.05) is 11.6 Å². The highest BCUT2D eigenvalue weighted by Crippen LogP contribution is 2.41. The second kappa shape index (κ2) is 13.8. The van der Waals surface area contributed by atoms with Crippen molar-refractivity contribution in [1.82, 2.24) is 19.9 Å². The van der Waals surface area contributed by atoms with Gasteiger partial charge in [0.15, 0.2) is 0 Å². The standard InChI is InChI=1S/C26H32ClF3N4O6S/c1-25(2)12-18-17(14-40-25)16(19-20-21(41-23(19)33-18)22(27)32-15-31-20)13-34(24(35)26(28,29)30)4-5-37-8-9-39-11-10-38-7-6-36-3/h15H,4-14H2,1-3H3. The summed E-state index contributed by atoms with van der Waals surface area (Å²) < 4.78 is 68.7. The summed E-state index contributed by atoms with van der Waals surface area (Å²) in [7, 11) is 1.58. The zero-order valence-corrected chi connectivity index (χ0v) is 24.6. The molecule has 0 saturated heterocycles. The van der Waals surface area contributed by atoms with E-state index in [9.17, 15) is 18.0 Å². The van der Waals surface area contributed by atoms with Crippen molar-refractivity contribution in [3.05, 3.63) is 28.3 Å². The summed E-state index contributed by atoms with van der Waals surface area (Å²) in [6, 6.07) is 0. The van der Waals surface area contributed by atoms with Crippen LogP contribution in [0.4, 0.5) is 13.2 Å². The molecule has 0 fully saturated rings. The third-order valence-corrected chi connectivity index (χ3v) is 7.90. The lowest BCUT2D eigenvalue weighted by Crippen LogP contribution is -2.43. The molecule has 0 N–H and O–H groups in total. The molecule has 0 saturated carbocycles. The molecular formula is C26H32ClF3N4O6S. The van der Waals surface area contributed by atoms with Crippen molar-refractivity contribution < 1.29 is 41.7 Å². The smallest absolute Gasteiger partial charge is 0.382 e. The number of halogens is 4. The molecule has 4 rings (SSSR count). The average Bonchev–Trinajstić information content (AvgIpc) is 3.28. The Kier molecular flexibility index (Phi) is 10.7. The molecular weight excluding hydrogens is 589 g/mol. The molecule has 0 bridgehead atoms. The summed E-state index contributed by atoms with van der Waals surface area (Å²) in [5.74, 6) is -1.96. The van der Waals surface area contributed by atoms with Crippen LogP contribution in [0.1, 0.15) is 30.7 Å². The summed E-state index contributed by atoms with van der Waals surface area (Å²) in [5.41, 5.74) is 1.81. The van der Waals surface area contributed by atoms with Crippen molar-refractivity contribution in [1.29, 1.82) is 0 Å². The molecule has 0 radical (unpaired) electrons. The van der Waals surface area contributed by atoms with E-state index in [-0.39, 0.29) is 44.7 Å². The molecule has 0 aromatic carbocycles. The van der Waals surface area contributed by atoms with Crippen molar-refractivity contribution >= 4 is 49.3 Å². The first-order valence-corrected chi connectivity index (χ1v) is 14.2. The number of methoxy groups -OCH3 is 1. The van der Waals surface area contributed by atoms with Crippen molar-refractivity contribution in [3.63, 3.8) is 0 Å². The number of ether oxygens (including phenoxy) is 5. The maximum Gasteiger partial charge on any atom is 0.471 e. The van der Waals surface area contributed by atoms with E-state index in [4.69, 9.17) is 40.3 Å². The van der Waals surface area contributed by atoms with Gasteiger partial charge in [-0.15, -0.1) is 11.3 Å². The Morgan fingerprint density at radius 2 is 1.76 bits per heavy atom. The largest absolute Gasteiger partial charge is 0.471 e. The number of pyridine rings is 1. The van der Waals surface area contributed by atoms with E-state index in [0.717, 1.165) is 4.90 Å². The summed E-state index contributed by atoms with van der Waals surface area (Å²) in [6.07, 6.45) is -3.33. The van der Waals surface area contributed by atoms with Crippen molar-refractivity contribution in [2.45, 2.75) is 45.2 Å². The van der Waals surface area contributed by atoms with Crippen LogP contribution in [0.2, 0.25) is 5.15 Å². The number of thiophene rings is 1. The third-order valence-electron chi connectivity index (χ3n) is 6.42. The SMILES string of the molecule is COCCOCCOCCOCCN(Cc1c2c(nc3sc4c(Cl)ncnc4c13)CC(C)(C)OC2)C(=O)C(F)(F)F. The van der Waals surface area contributed by atoms with Crippen LogP contribution in [0, 0.1) is 0 Å². The molecule has 3 aromatic rings. The van der Waals surface area contributed by atoms with Gasteiger partial charge in [0, 0.05) is 37.6 Å². The molecule has 0 aliphatic carbocycles. The van der Waals surface area contributed by atoms with E-state index >= 15 is 0 Å². The number of alkyl halides is 3. The molecule has 226 valence electrons. The molecule has 1 amide bonds. The summed E-state index contributed by atoms with van der Waals surface area (Å²) in [6.45, 7) is 5.28. The summed E-state index contributed by atoms with van der Waals surface area (Å²) >= 11 is 7.58. The van der Waals surface area contributed by atoms with Crippen LogP contribution in [-0.4, -0.2) is 97.4 Å². The molecule has 0 spiro atoms. The Morgan fingerprint density at radius 1 is 1.10 bits per heavy atom. The van der Waals surface area contributed by atoms with Gasteiger partial charge in [-0.2, -0.15) is 13.2 Å². The molecule has 4 heterocycles. The number of hydrogen-bond acceptors (Lipinski definition) is 10. The highest BCUT2D eigenvalue weighted by molar-refractivity contribution is 7.26. The molecule has 0 atom stereocenters. The molecule has 10 nitrogen and oxygen atoms in total. The average molecular weight is 621 g/mol. The number of carbonyl (C=O) groups excluding carboxylic acids is 1. The molecule has 3 aromatic heterocycles. The normalized spacial score (nSPS) is 15.0. The number of rotatable bonds is 14. The number of fused-ring (bicyclic) bond motifs is 4. The first-order valence-electron chi connectivity index (χ1n) is 13.0. The highest BCUT2D eigenvalue weighted by Gasteiger charge is 2.43. The minimum absolute atomic E-state index is 0.117. The van der Waals surface area contributed by atoms with Crippen LogP contribution < -0.4 is 0 Å². The van der Waals surface area contributed by atoms with E-state index in [1.807, 2.05) is 13.8 Å². The van der Waals surface area contributed by atoms with Gasteiger partial charge in [0.25, 0.3) is 0 Å². The summed E-state index contributed by atoms with van der Waals surface area (Å²) in [5, 5.41) is 0.761. The van der Waals surface area contributed by atoms with E-state index in [1.54, 1.807) is 7.11 Å². The zero-order chi connectivity index (χ0) is 29.6. The Morgan fingerprint density at radius 3 is 2.41 bits per heavy atom. The second-order valence-electron chi connectivity index (χ2n) is 9.92. The summed E-state index contributed by atoms with van der Waals surface area (Å²) in [4.78, 5) is 27.1. The fourth-order valence-corrected chi connectivity index (χ4v) is 5.74. The van der Waals surface area contributed by atoms with Gasteiger partial charge in [0.2, 0.25) is 0 Å². The number of aromatic nitrogens is 3. The highest BCUT2D eigenvalue weighted by atomic mass is 35.5. The van der Waals surface area contributed by atoms with Crippen molar-refractivity contribution in [2.75, 3.05) is 59.9 Å². The monoisotopic (exact) mass is 620 g/mol. The molecule has 1 aliphatic heterocycles. The second-order valence-corrected chi connectivity index (χ2v) is 11.3. The van der Waals surface area contributed by atoms with Gasteiger partial charge in [-0.25, -0.2) is 15.0 Å². The molecule has 41 heavy (non-hydrogen) atoms. The van der Waals surface area contributed by atoms with Gasteiger partial charge >= 0.3 is 12.1 Å². The van der Waals surface area contributed by atoms with Gasteiger partial charge in [0.05, 0.1) is 74.4 Å². The van der Waals surface area contributed by atoms with Crippen LogP contribution in [0.3, 0.4) is 0 Å². The zero-order valence-electron chi connectivity index (χ0n) is 23.0. The van der Waals surface area contributed by atoms with Gasteiger partial charge < -0.3 is 28.6 Å². The molecule has 15 heteroatoms. The maximum atomic E-state index is 13.7. The first kappa shape index (κ1) is 31.7. The Labute approximate surface area is 244 Å². The minimum atomic E-state index is -5.07. The lowest BCUT2D eigenvalue weighted by Gasteiger charge is -2.33. The lowest BCUT2D eigenvalue weighted by atomic mass is 9.92. The fourth-order valence-electron chi connectivity index (χ4n) is 4.43. The fraction of sp³-hybridized carbons (Fsp3) is 0.615. The van der Waals surface area contributed by atoms with Gasteiger partial charge in [0.1, 0.15) is 16.3 Å². The van der Waals surface area contributed by atoms with E-state index in [1.165, 1.54) is 17.7 Å². The topological polar surface area (TPSA) is 105 Å². The predicted molar refractivity (Wildman–Crippen MR) is 146 cm³/mol. The van der Waals surface area contributed by atoms with Crippen molar-refractivity contribution in [3.8, 4) is 0 Å². The van der Waals surface area contributed by atoms with Crippen LogP contribution in [0.25, 0.3) is 20.4 Å². The Hall–Kier alpha value is -2.20. The minimum Gasteiger partial charge on any atom is -0.382 e. The van der Waals surface area contributed by atoms with E-state index in [2.05, 4.69) is 9.97 Å². The van der Waals surface area contributed by atoms with Crippen LogP contribution >= 0.6 is 22.9 Å². The van der Waals surface area contributed by atoms with E-state index < -0.39 is 17.7 Å². The number of amides is 1. The lowest BCUT2D eigenvalue weighted by molar-refractivity contribution is -0.186. The van der Waals surface area contributed by atoms with Crippen LogP contribution in [0.5, 0.6) is 0 Å². The van der Waals surface area contributed by atoms with Gasteiger partial charge in [-0.05, 0) is 19.4 Å². The quantitative estimate of drug-likeness (QED) is 0.192. The Balaban J connectivity index is 1.53. The predicted octanol–water partition coefficient (Wildman–Crippen LogP) is 4.33.